The van der Waals surface area contributed by atoms with Gasteiger partial charge in [0.1, 0.15) is 5.75 Å². The van der Waals surface area contributed by atoms with Crippen molar-refractivity contribution in [2.24, 2.45) is 0 Å². The first kappa shape index (κ1) is 16.3. The van der Waals surface area contributed by atoms with Crippen molar-refractivity contribution in [2.45, 2.75) is 38.4 Å². The Morgan fingerprint density at radius 2 is 2.23 bits per heavy atom. The minimum absolute atomic E-state index is 0.0328. The van der Waals surface area contributed by atoms with Crippen LogP contribution in [0.3, 0.4) is 0 Å². The summed E-state index contributed by atoms with van der Waals surface area (Å²) < 4.78 is 10.9. The number of aliphatic carboxylic acids is 1. The van der Waals surface area contributed by atoms with Gasteiger partial charge in [0.25, 0.3) is 5.91 Å². The van der Waals surface area contributed by atoms with Crippen molar-refractivity contribution >= 4 is 11.9 Å². The van der Waals surface area contributed by atoms with Crippen LogP contribution < -0.4 is 10.1 Å². The number of carbonyl (C=O) groups is 2. The zero-order valence-electron chi connectivity index (χ0n) is 12.8. The summed E-state index contributed by atoms with van der Waals surface area (Å²) >= 11 is 0. The molecule has 0 bridgehead atoms. The molecular formula is C16H21NO5. The summed E-state index contributed by atoms with van der Waals surface area (Å²) in [4.78, 5) is 22.6. The van der Waals surface area contributed by atoms with Gasteiger partial charge < -0.3 is 19.9 Å². The van der Waals surface area contributed by atoms with Crippen LogP contribution in [0, 0.1) is 0 Å². The number of ether oxygens (including phenoxy) is 2. The van der Waals surface area contributed by atoms with Gasteiger partial charge in [-0.15, -0.1) is 0 Å². The number of carbonyl (C=O) groups excluding carboxylic acids is 1. The zero-order valence-corrected chi connectivity index (χ0v) is 12.8. The maximum Gasteiger partial charge on any atom is 0.341 e. The van der Waals surface area contributed by atoms with Gasteiger partial charge in [-0.1, -0.05) is 6.07 Å². The van der Waals surface area contributed by atoms with Crippen LogP contribution in [0.15, 0.2) is 24.3 Å². The highest BCUT2D eigenvalue weighted by Gasteiger charge is 2.31. The van der Waals surface area contributed by atoms with E-state index < -0.39 is 12.6 Å². The molecular weight excluding hydrogens is 286 g/mol. The lowest BCUT2D eigenvalue weighted by atomic mass is 10.1. The smallest absolute Gasteiger partial charge is 0.341 e. The van der Waals surface area contributed by atoms with Gasteiger partial charge >= 0.3 is 5.97 Å². The summed E-state index contributed by atoms with van der Waals surface area (Å²) in [6, 6.07) is 6.45. The fraction of sp³-hybridized carbons (Fsp3) is 0.500. The minimum Gasteiger partial charge on any atom is -0.482 e. The van der Waals surface area contributed by atoms with Crippen LogP contribution in [0.1, 0.15) is 37.0 Å². The zero-order chi connectivity index (χ0) is 16.2. The third-order valence-electron chi connectivity index (χ3n) is 3.50. The maximum atomic E-state index is 12.1. The molecule has 0 saturated carbocycles. The number of carboxylic acids is 1. The quantitative estimate of drug-likeness (QED) is 0.837. The average Bonchev–Trinajstić information content (AvgIpc) is 2.82. The number of hydrogen-bond acceptors (Lipinski definition) is 4. The predicted molar refractivity (Wildman–Crippen MR) is 80.1 cm³/mol. The molecule has 2 rings (SSSR count). The summed E-state index contributed by atoms with van der Waals surface area (Å²) in [5, 5.41) is 11.4. The molecule has 0 aromatic heterocycles. The fourth-order valence-electron chi connectivity index (χ4n) is 2.40. The molecule has 0 unspecified atom stereocenters. The predicted octanol–water partition coefficient (Wildman–Crippen LogP) is 1.84. The number of benzene rings is 1. The van der Waals surface area contributed by atoms with E-state index in [1.165, 1.54) is 6.07 Å². The van der Waals surface area contributed by atoms with Gasteiger partial charge in [-0.05, 0) is 44.9 Å². The highest BCUT2D eigenvalue weighted by atomic mass is 16.5. The molecule has 1 heterocycles. The monoisotopic (exact) mass is 307 g/mol. The Morgan fingerprint density at radius 1 is 1.45 bits per heavy atom. The molecule has 22 heavy (non-hydrogen) atoms. The molecule has 0 aliphatic carbocycles. The molecule has 0 radical (unpaired) electrons. The summed E-state index contributed by atoms with van der Waals surface area (Å²) in [6.45, 7) is 4.11. The molecule has 6 nitrogen and oxygen atoms in total. The first-order valence-electron chi connectivity index (χ1n) is 7.26. The number of carboxylic acid groups (broad SMARTS) is 1. The third kappa shape index (κ3) is 4.73. The molecule has 1 fully saturated rings. The number of rotatable bonds is 6. The van der Waals surface area contributed by atoms with Crippen molar-refractivity contribution in [1.29, 1.82) is 0 Å². The van der Waals surface area contributed by atoms with E-state index in [0.29, 0.717) is 17.9 Å². The van der Waals surface area contributed by atoms with E-state index >= 15 is 0 Å². The molecule has 1 atom stereocenters. The van der Waals surface area contributed by atoms with Gasteiger partial charge in [0, 0.05) is 12.1 Å². The molecule has 1 saturated heterocycles. The fourth-order valence-corrected chi connectivity index (χ4v) is 2.40. The lowest BCUT2D eigenvalue weighted by Gasteiger charge is -2.19. The first-order chi connectivity index (χ1) is 10.4. The van der Waals surface area contributed by atoms with Crippen LogP contribution in [0.4, 0.5) is 0 Å². The third-order valence-corrected chi connectivity index (χ3v) is 3.50. The van der Waals surface area contributed by atoms with Gasteiger partial charge in [0.2, 0.25) is 0 Å². The Morgan fingerprint density at radius 3 is 2.86 bits per heavy atom. The van der Waals surface area contributed by atoms with E-state index in [1.807, 2.05) is 13.8 Å². The van der Waals surface area contributed by atoms with Gasteiger partial charge in [-0.25, -0.2) is 4.79 Å². The largest absolute Gasteiger partial charge is 0.482 e. The van der Waals surface area contributed by atoms with Crippen molar-refractivity contribution < 1.29 is 24.2 Å². The van der Waals surface area contributed by atoms with Crippen molar-refractivity contribution in [2.75, 3.05) is 13.2 Å². The topological polar surface area (TPSA) is 84.9 Å². The molecule has 1 aromatic carbocycles. The highest BCUT2D eigenvalue weighted by Crippen LogP contribution is 2.28. The van der Waals surface area contributed by atoms with E-state index in [-0.39, 0.29) is 17.6 Å². The van der Waals surface area contributed by atoms with Crippen LogP contribution >= 0.6 is 0 Å². The lowest BCUT2D eigenvalue weighted by Crippen LogP contribution is -2.33. The second-order valence-electron chi connectivity index (χ2n) is 5.96. The second-order valence-corrected chi connectivity index (χ2v) is 5.96. The van der Waals surface area contributed by atoms with E-state index in [1.54, 1.807) is 18.2 Å². The van der Waals surface area contributed by atoms with E-state index in [0.717, 1.165) is 12.8 Å². The highest BCUT2D eigenvalue weighted by molar-refractivity contribution is 5.94. The van der Waals surface area contributed by atoms with Gasteiger partial charge in [0.15, 0.2) is 6.61 Å². The number of amides is 1. The van der Waals surface area contributed by atoms with Crippen LogP contribution in [0.25, 0.3) is 0 Å². The normalized spacial score (nSPS) is 19.6. The Balaban J connectivity index is 1.87. The summed E-state index contributed by atoms with van der Waals surface area (Å²) in [7, 11) is 0. The van der Waals surface area contributed by atoms with Gasteiger partial charge in [0.05, 0.1) is 11.7 Å². The summed E-state index contributed by atoms with van der Waals surface area (Å²) in [5.74, 6) is -0.932. The molecule has 0 spiro atoms. The van der Waals surface area contributed by atoms with Crippen LogP contribution in [-0.2, 0) is 9.53 Å². The number of nitrogens with one attached hydrogen (secondary N) is 1. The van der Waals surface area contributed by atoms with Crippen molar-refractivity contribution in [1.82, 2.24) is 5.32 Å². The molecule has 1 aliphatic rings. The molecule has 6 heteroatoms. The van der Waals surface area contributed by atoms with Crippen molar-refractivity contribution in [3.63, 3.8) is 0 Å². The van der Waals surface area contributed by atoms with Gasteiger partial charge in [-0.3, -0.25) is 4.79 Å². The minimum atomic E-state index is -1.06. The first-order valence-corrected chi connectivity index (χ1v) is 7.26. The van der Waals surface area contributed by atoms with E-state index in [2.05, 4.69) is 5.32 Å². The van der Waals surface area contributed by atoms with Crippen LogP contribution in [0.5, 0.6) is 5.75 Å². The SMILES string of the molecule is CC1(C)CC[C@H](CNC(=O)c2cccc(OCC(=O)O)c2)O1. The molecule has 1 amide bonds. The van der Waals surface area contributed by atoms with Gasteiger partial charge in [-0.2, -0.15) is 0 Å². The molecule has 1 aliphatic heterocycles. The lowest BCUT2D eigenvalue weighted by molar-refractivity contribution is -0.139. The van der Waals surface area contributed by atoms with Crippen molar-refractivity contribution in [3.05, 3.63) is 29.8 Å². The summed E-state index contributed by atoms with van der Waals surface area (Å²) in [6.07, 6.45) is 1.94. The van der Waals surface area contributed by atoms with Crippen LogP contribution in [0.2, 0.25) is 0 Å². The number of hydrogen-bond donors (Lipinski definition) is 2. The van der Waals surface area contributed by atoms with E-state index in [4.69, 9.17) is 14.6 Å². The Hall–Kier alpha value is -2.08. The standard InChI is InChI=1S/C16H21NO5/c1-16(2)7-6-13(22-16)9-17-15(20)11-4-3-5-12(8-11)21-10-14(18)19/h3-5,8,13H,6-7,9-10H2,1-2H3,(H,17,20)(H,18,19)/t13-/m1/s1. The van der Waals surface area contributed by atoms with E-state index in [9.17, 15) is 9.59 Å². The maximum absolute atomic E-state index is 12.1. The van der Waals surface area contributed by atoms with Crippen molar-refractivity contribution in [3.8, 4) is 5.75 Å². The molecule has 1 aromatic rings. The molecule has 120 valence electrons. The Labute approximate surface area is 129 Å². The second kappa shape index (κ2) is 6.79. The molecule has 2 N–H and O–H groups in total. The Bertz CT molecular complexity index is 555. The average molecular weight is 307 g/mol. The van der Waals surface area contributed by atoms with Crippen LogP contribution in [-0.4, -0.2) is 41.8 Å². The summed E-state index contributed by atoms with van der Waals surface area (Å²) in [5.41, 5.74) is 0.306. The Kier molecular flexibility index (Phi) is 5.03.